The third-order valence-electron chi connectivity index (χ3n) is 4.32. The number of benzene rings is 2. The second-order valence-corrected chi connectivity index (χ2v) is 6.16. The molecule has 0 aromatic heterocycles. The maximum absolute atomic E-state index is 12.2. The molecule has 1 aliphatic rings. The standard InChI is InChI=1S/C20H23N3O2.ClH/c24-19(23-14-15-7-10-21-11-8-15)9-12-22-20(25)18-6-5-16-3-1-2-4-17(16)13-18;/h1-7,13,21H,8-12,14H2,(H,22,25)(H,23,24);1H. The summed E-state index contributed by atoms with van der Waals surface area (Å²) in [5.74, 6) is -0.196. The molecule has 0 spiro atoms. The Morgan fingerprint density at radius 3 is 2.62 bits per heavy atom. The number of carbonyl (C=O) groups is 2. The molecule has 3 N–H and O–H groups in total. The molecule has 5 nitrogen and oxygen atoms in total. The van der Waals surface area contributed by atoms with E-state index in [2.05, 4.69) is 22.0 Å². The van der Waals surface area contributed by atoms with Crippen LogP contribution in [0.2, 0.25) is 0 Å². The Kier molecular flexibility index (Phi) is 7.63. The highest BCUT2D eigenvalue weighted by molar-refractivity contribution is 5.98. The van der Waals surface area contributed by atoms with Crippen LogP contribution >= 0.6 is 12.4 Å². The first-order chi connectivity index (χ1) is 12.2. The van der Waals surface area contributed by atoms with Crippen molar-refractivity contribution in [2.75, 3.05) is 26.2 Å². The summed E-state index contributed by atoms with van der Waals surface area (Å²) in [4.78, 5) is 24.1. The van der Waals surface area contributed by atoms with E-state index < -0.39 is 0 Å². The molecule has 2 aromatic carbocycles. The summed E-state index contributed by atoms with van der Waals surface area (Å²) in [6, 6.07) is 13.5. The van der Waals surface area contributed by atoms with E-state index in [1.165, 1.54) is 5.57 Å². The van der Waals surface area contributed by atoms with Gasteiger partial charge in [-0.15, -0.1) is 12.4 Å². The minimum Gasteiger partial charge on any atom is -0.352 e. The van der Waals surface area contributed by atoms with Gasteiger partial charge in [-0.2, -0.15) is 0 Å². The monoisotopic (exact) mass is 373 g/mol. The van der Waals surface area contributed by atoms with E-state index in [0.717, 1.165) is 30.3 Å². The third kappa shape index (κ3) is 5.58. The second kappa shape index (κ2) is 9.94. The van der Waals surface area contributed by atoms with Crippen LogP contribution in [0.1, 0.15) is 23.2 Å². The summed E-state index contributed by atoms with van der Waals surface area (Å²) in [6.45, 7) is 2.76. The lowest BCUT2D eigenvalue weighted by molar-refractivity contribution is -0.120. The van der Waals surface area contributed by atoms with Crippen molar-refractivity contribution in [1.29, 1.82) is 0 Å². The van der Waals surface area contributed by atoms with Gasteiger partial charge in [0.25, 0.3) is 5.91 Å². The lowest BCUT2D eigenvalue weighted by Gasteiger charge is -2.14. The lowest BCUT2D eigenvalue weighted by Crippen LogP contribution is -2.33. The predicted octanol–water partition coefficient (Wildman–Crippen LogP) is 2.42. The van der Waals surface area contributed by atoms with Crippen LogP contribution in [0, 0.1) is 0 Å². The fourth-order valence-electron chi connectivity index (χ4n) is 2.85. The molecule has 1 heterocycles. The van der Waals surface area contributed by atoms with E-state index in [1.807, 2.05) is 36.4 Å². The molecule has 0 unspecified atom stereocenters. The highest BCUT2D eigenvalue weighted by Gasteiger charge is 2.08. The number of carbonyl (C=O) groups excluding carboxylic acids is 2. The van der Waals surface area contributed by atoms with Crippen molar-refractivity contribution in [3.63, 3.8) is 0 Å². The van der Waals surface area contributed by atoms with Crippen molar-refractivity contribution >= 4 is 35.0 Å². The largest absolute Gasteiger partial charge is 0.352 e. The molecule has 2 amide bonds. The minimum absolute atomic E-state index is 0. The number of halogens is 1. The molecular formula is C20H24ClN3O2. The van der Waals surface area contributed by atoms with Crippen LogP contribution in [0.4, 0.5) is 0 Å². The summed E-state index contributed by atoms with van der Waals surface area (Å²) < 4.78 is 0. The zero-order chi connectivity index (χ0) is 17.5. The van der Waals surface area contributed by atoms with E-state index in [1.54, 1.807) is 6.07 Å². The zero-order valence-electron chi connectivity index (χ0n) is 14.6. The molecule has 1 aliphatic heterocycles. The molecule has 6 heteroatoms. The summed E-state index contributed by atoms with van der Waals surface area (Å²) in [7, 11) is 0. The molecule has 138 valence electrons. The van der Waals surface area contributed by atoms with Crippen LogP contribution < -0.4 is 16.0 Å². The van der Waals surface area contributed by atoms with Gasteiger partial charge in [-0.05, 0) is 35.9 Å². The molecule has 0 saturated carbocycles. The number of nitrogens with one attached hydrogen (secondary N) is 3. The first-order valence-electron chi connectivity index (χ1n) is 8.65. The number of rotatable bonds is 6. The normalized spacial score (nSPS) is 13.5. The Balaban J connectivity index is 0.00000243. The third-order valence-corrected chi connectivity index (χ3v) is 4.32. The highest BCUT2D eigenvalue weighted by atomic mass is 35.5. The number of amides is 2. The number of hydrogen-bond donors (Lipinski definition) is 3. The van der Waals surface area contributed by atoms with Gasteiger partial charge < -0.3 is 16.0 Å². The molecule has 0 atom stereocenters. The van der Waals surface area contributed by atoms with Gasteiger partial charge in [0.05, 0.1) is 0 Å². The van der Waals surface area contributed by atoms with Gasteiger partial charge in [-0.25, -0.2) is 0 Å². The van der Waals surface area contributed by atoms with Crippen LogP contribution in [-0.4, -0.2) is 38.0 Å². The average Bonchev–Trinajstić information content (AvgIpc) is 2.66. The minimum atomic E-state index is -0.153. The molecule has 3 rings (SSSR count). The Morgan fingerprint density at radius 1 is 1.04 bits per heavy atom. The van der Waals surface area contributed by atoms with Gasteiger partial charge in [0.15, 0.2) is 0 Å². The second-order valence-electron chi connectivity index (χ2n) is 6.16. The first kappa shape index (κ1) is 19.9. The quantitative estimate of drug-likeness (QED) is 0.681. The summed E-state index contributed by atoms with van der Waals surface area (Å²) in [5, 5.41) is 11.1. The van der Waals surface area contributed by atoms with E-state index in [-0.39, 0.29) is 30.6 Å². The van der Waals surface area contributed by atoms with Gasteiger partial charge in [-0.1, -0.05) is 42.0 Å². The Labute approximate surface area is 159 Å². The van der Waals surface area contributed by atoms with Crippen molar-refractivity contribution in [3.05, 3.63) is 59.7 Å². The fourth-order valence-corrected chi connectivity index (χ4v) is 2.85. The zero-order valence-corrected chi connectivity index (χ0v) is 15.4. The van der Waals surface area contributed by atoms with Crippen molar-refractivity contribution in [2.45, 2.75) is 12.8 Å². The van der Waals surface area contributed by atoms with Crippen molar-refractivity contribution in [3.8, 4) is 0 Å². The topological polar surface area (TPSA) is 70.2 Å². The summed E-state index contributed by atoms with van der Waals surface area (Å²) in [5.41, 5.74) is 1.87. The maximum Gasteiger partial charge on any atom is 0.251 e. The molecule has 2 aromatic rings. The van der Waals surface area contributed by atoms with Crippen LogP contribution in [0.15, 0.2) is 54.1 Å². The predicted molar refractivity (Wildman–Crippen MR) is 107 cm³/mol. The SMILES string of the molecule is Cl.O=C(CCNC(=O)c1ccc2ccccc2c1)NCC1=CCNCC1. The van der Waals surface area contributed by atoms with Crippen LogP contribution in [0.25, 0.3) is 10.8 Å². The molecule has 0 saturated heterocycles. The molecule has 0 fully saturated rings. The average molecular weight is 374 g/mol. The molecular weight excluding hydrogens is 350 g/mol. The van der Waals surface area contributed by atoms with Gasteiger partial charge in [0, 0.05) is 31.6 Å². The van der Waals surface area contributed by atoms with Crippen LogP contribution in [-0.2, 0) is 4.79 Å². The number of fused-ring (bicyclic) bond motifs is 1. The Hall–Kier alpha value is -2.37. The summed E-state index contributed by atoms with van der Waals surface area (Å²) >= 11 is 0. The lowest BCUT2D eigenvalue weighted by atomic mass is 10.1. The maximum atomic E-state index is 12.2. The molecule has 0 radical (unpaired) electrons. The van der Waals surface area contributed by atoms with Crippen molar-refractivity contribution < 1.29 is 9.59 Å². The van der Waals surface area contributed by atoms with Crippen LogP contribution in [0.5, 0.6) is 0 Å². The molecule has 0 bridgehead atoms. The number of hydrogen-bond acceptors (Lipinski definition) is 3. The van der Waals surface area contributed by atoms with E-state index in [0.29, 0.717) is 18.7 Å². The van der Waals surface area contributed by atoms with Gasteiger partial charge >= 0.3 is 0 Å². The van der Waals surface area contributed by atoms with Gasteiger partial charge in [-0.3, -0.25) is 9.59 Å². The van der Waals surface area contributed by atoms with Gasteiger partial charge in [0.1, 0.15) is 0 Å². The smallest absolute Gasteiger partial charge is 0.251 e. The van der Waals surface area contributed by atoms with Crippen LogP contribution in [0.3, 0.4) is 0 Å². The highest BCUT2D eigenvalue weighted by Crippen LogP contribution is 2.15. The Bertz CT molecular complexity index is 804. The van der Waals surface area contributed by atoms with Crippen molar-refractivity contribution in [1.82, 2.24) is 16.0 Å². The van der Waals surface area contributed by atoms with E-state index in [4.69, 9.17) is 0 Å². The first-order valence-corrected chi connectivity index (χ1v) is 8.65. The van der Waals surface area contributed by atoms with Gasteiger partial charge in [0.2, 0.25) is 5.91 Å². The fraction of sp³-hybridized carbons (Fsp3) is 0.300. The van der Waals surface area contributed by atoms with Crippen molar-refractivity contribution in [2.24, 2.45) is 0 Å². The molecule has 0 aliphatic carbocycles. The van der Waals surface area contributed by atoms with E-state index in [9.17, 15) is 9.59 Å². The van der Waals surface area contributed by atoms with E-state index >= 15 is 0 Å². The Morgan fingerprint density at radius 2 is 1.85 bits per heavy atom. The molecule has 26 heavy (non-hydrogen) atoms. The summed E-state index contributed by atoms with van der Waals surface area (Å²) in [6.07, 6.45) is 3.37.